The van der Waals surface area contributed by atoms with Gasteiger partial charge in [0.15, 0.2) is 0 Å². The molecule has 2 N–H and O–H groups in total. The Morgan fingerprint density at radius 2 is 2.15 bits per heavy atom. The molecule has 0 aliphatic rings. The van der Waals surface area contributed by atoms with Crippen LogP contribution in [-0.4, -0.2) is 10.1 Å². The largest absolute Gasteiger partial charge is 0.392 e. The van der Waals surface area contributed by atoms with Gasteiger partial charge in [-0.05, 0) is 24.0 Å². The van der Waals surface area contributed by atoms with Gasteiger partial charge in [-0.2, -0.15) is 0 Å². The van der Waals surface area contributed by atoms with Gasteiger partial charge < -0.3 is 10.1 Å². The minimum Gasteiger partial charge on any atom is -0.392 e. The molecule has 0 fully saturated rings. The second-order valence-corrected chi connectivity index (χ2v) is 3.49. The van der Waals surface area contributed by atoms with E-state index in [2.05, 4.69) is 4.98 Å². The van der Waals surface area contributed by atoms with Gasteiger partial charge in [0, 0.05) is 11.8 Å². The van der Waals surface area contributed by atoms with Crippen LogP contribution >= 0.6 is 0 Å². The number of aliphatic hydroxyl groups is 1. The molecule has 3 nitrogen and oxygen atoms in total. The highest BCUT2D eigenvalue weighted by atomic mass is 16.3. The Morgan fingerprint density at radius 1 is 1.54 bits per heavy atom. The fraction of sp³-hybridized carbons (Fsp3) is 0.500. The van der Waals surface area contributed by atoms with Crippen LogP contribution in [0.15, 0.2) is 11.0 Å². The van der Waals surface area contributed by atoms with Gasteiger partial charge in [0.25, 0.3) is 5.56 Å². The van der Waals surface area contributed by atoms with Gasteiger partial charge in [-0.25, -0.2) is 0 Å². The smallest absolute Gasteiger partial charge is 0.251 e. The number of aliphatic hydroxyl groups excluding tert-OH is 1. The van der Waals surface area contributed by atoms with Crippen molar-refractivity contribution in [1.29, 1.82) is 0 Å². The fourth-order valence-corrected chi connectivity index (χ4v) is 1.64. The van der Waals surface area contributed by atoms with Crippen LogP contribution in [0.1, 0.15) is 36.5 Å². The summed E-state index contributed by atoms with van der Waals surface area (Å²) in [6.07, 6.45) is 1.59. The molecule has 0 saturated heterocycles. The third kappa shape index (κ3) is 1.80. The van der Waals surface area contributed by atoms with Crippen molar-refractivity contribution in [2.24, 2.45) is 0 Å². The van der Waals surface area contributed by atoms with E-state index < -0.39 is 0 Å². The summed E-state index contributed by atoms with van der Waals surface area (Å²) in [6.45, 7) is 5.79. The molecule has 72 valence electrons. The second-order valence-electron chi connectivity index (χ2n) is 3.49. The summed E-state index contributed by atoms with van der Waals surface area (Å²) >= 11 is 0. The number of rotatable bonds is 2. The molecule has 0 aromatic carbocycles. The average molecular weight is 181 g/mol. The van der Waals surface area contributed by atoms with Crippen LogP contribution in [-0.2, 0) is 6.61 Å². The zero-order valence-corrected chi connectivity index (χ0v) is 8.22. The SMILES string of the molecule is Cc1c(C(C)C)c(CO)c[nH]c1=O. The lowest BCUT2D eigenvalue weighted by Crippen LogP contribution is -2.15. The molecule has 3 heteroatoms. The summed E-state index contributed by atoms with van der Waals surface area (Å²) in [4.78, 5) is 13.9. The third-order valence-electron chi connectivity index (χ3n) is 2.22. The first kappa shape index (κ1) is 9.99. The summed E-state index contributed by atoms with van der Waals surface area (Å²) in [5.41, 5.74) is 2.42. The Hall–Kier alpha value is -1.09. The van der Waals surface area contributed by atoms with Crippen LogP contribution in [0.25, 0.3) is 0 Å². The molecule has 13 heavy (non-hydrogen) atoms. The molecule has 0 aliphatic carbocycles. The van der Waals surface area contributed by atoms with Crippen molar-refractivity contribution in [1.82, 2.24) is 4.98 Å². The molecular weight excluding hydrogens is 166 g/mol. The van der Waals surface area contributed by atoms with Gasteiger partial charge in [-0.1, -0.05) is 13.8 Å². The molecular formula is C10H15NO2. The maximum Gasteiger partial charge on any atom is 0.251 e. The van der Waals surface area contributed by atoms with Crippen molar-refractivity contribution in [2.45, 2.75) is 33.3 Å². The Morgan fingerprint density at radius 3 is 2.62 bits per heavy atom. The first-order chi connectivity index (χ1) is 6.07. The lowest BCUT2D eigenvalue weighted by atomic mass is 9.95. The number of hydrogen-bond acceptors (Lipinski definition) is 2. The maximum absolute atomic E-state index is 11.3. The van der Waals surface area contributed by atoms with E-state index in [1.807, 2.05) is 13.8 Å². The van der Waals surface area contributed by atoms with Gasteiger partial charge in [-0.15, -0.1) is 0 Å². The highest BCUT2D eigenvalue weighted by Gasteiger charge is 2.11. The van der Waals surface area contributed by atoms with Gasteiger partial charge >= 0.3 is 0 Å². The van der Waals surface area contributed by atoms with Crippen LogP contribution in [0.5, 0.6) is 0 Å². The zero-order valence-electron chi connectivity index (χ0n) is 8.22. The van der Waals surface area contributed by atoms with Gasteiger partial charge in [0.05, 0.1) is 6.61 Å². The van der Waals surface area contributed by atoms with Crippen LogP contribution in [0.3, 0.4) is 0 Å². The fourth-order valence-electron chi connectivity index (χ4n) is 1.64. The highest BCUT2D eigenvalue weighted by Crippen LogP contribution is 2.20. The van der Waals surface area contributed by atoms with Crippen molar-refractivity contribution < 1.29 is 5.11 Å². The number of aromatic amines is 1. The monoisotopic (exact) mass is 181 g/mol. The van der Waals surface area contributed by atoms with Crippen molar-refractivity contribution in [2.75, 3.05) is 0 Å². The number of hydrogen-bond donors (Lipinski definition) is 2. The minimum atomic E-state index is -0.0686. The van der Waals surface area contributed by atoms with E-state index in [-0.39, 0.29) is 18.1 Å². The average Bonchev–Trinajstić information content (AvgIpc) is 2.08. The third-order valence-corrected chi connectivity index (χ3v) is 2.22. The van der Waals surface area contributed by atoms with E-state index in [0.29, 0.717) is 5.56 Å². The van der Waals surface area contributed by atoms with Crippen LogP contribution in [0.2, 0.25) is 0 Å². The van der Waals surface area contributed by atoms with Gasteiger partial charge in [0.1, 0.15) is 0 Å². The predicted octanol–water partition coefficient (Wildman–Crippen LogP) is 1.30. The summed E-state index contributed by atoms with van der Waals surface area (Å²) < 4.78 is 0. The van der Waals surface area contributed by atoms with Crippen LogP contribution in [0, 0.1) is 6.92 Å². The van der Waals surface area contributed by atoms with Crippen molar-refractivity contribution in [3.8, 4) is 0 Å². The lowest BCUT2D eigenvalue weighted by Gasteiger charge is -2.12. The maximum atomic E-state index is 11.3. The van der Waals surface area contributed by atoms with E-state index in [9.17, 15) is 4.79 Å². The summed E-state index contributed by atoms with van der Waals surface area (Å²) in [5.74, 6) is 0.268. The Balaban J connectivity index is 3.41. The zero-order chi connectivity index (χ0) is 10.0. The van der Waals surface area contributed by atoms with Crippen molar-refractivity contribution in [3.05, 3.63) is 33.2 Å². The van der Waals surface area contributed by atoms with Crippen LogP contribution < -0.4 is 5.56 Å². The molecule has 1 heterocycles. The van der Waals surface area contributed by atoms with Gasteiger partial charge in [-0.3, -0.25) is 4.79 Å². The summed E-state index contributed by atoms with van der Waals surface area (Å²) in [6, 6.07) is 0. The quantitative estimate of drug-likeness (QED) is 0.722. The molecule has 0 bridgehead atoms. The minimum absolute atomic E-state index is 0.0227. The van der Waals surface area contributed by atoms with Crippen LogP contribution in [0.4, 0.5) is 0 Å². The van der Waals surface area contributed by atoms with Crippen molar-refractivity contribution in [3.63, 3.8) is 0 Å². The van der Waals surface area contributed by atoms with Gasteiger partial charge in [0.2, 0.25) is 0 Å². The summed E-state index contributed by atoms with van der Waals surface area (Å²) in [7, 11) is 0. The molecule has 0 saturated carbocycles. The van der Waals surface area contributed by atoms with E-state index in [4.69, 9.17) is 5.11 Å². The standard InChI is InChI=1S/C10H15NO2/c1-6(2)9-7(3)10(13)11-4-8(9)5-12/h4,6,12H,5H2,1-3H3,(H,11,13). The first-order valence-electron chi connectivity index (χ1n) is 4.39. The van der Waals surface area contributed by atoms with E-state index in [1.165, 1.54) is 0 Å². The Labute approximate surface area is 77.4 Å². The Bertz CT molecular complexity index is 352. The van der Waals surface area contributed by atoms with E-state index in [0.717, 1.165) is 11.1 Å². The number of nitrogens with one attached hydrogen (secondary N) is 1. The van der Waals surface area contributed by atoms with E-state index >= 15 is 0 Å². The number of H-pyrrole nitrogens is 1. The first-order valence-corrected chi connectivity index (χ1v) is 4.39. The molecule has 1 aromatic heterocycles. The lowest BCUT2D eigenvalue weighted by molar-refractivity contribution is 0.279. The normalized spacial score (nSPS) is 10.8. The van der Waals surface area contributed by atoms with Crippen molar-refractivity contribution >= 4 is 0 Å². The molecule has 0 aliphatic heterocycles. The summed E-state index contributed by atoms with van der Waals surface area (Å²) in [5, 5.41) is 9.06. The topological polar surface area (TPSA) is 53.1 Å². The molecule has 0 amide bonds. The highest BCUT2D eigenvalue weighted by molar-refractivity contribution is 5.33. The van der Waals surface area contributed by atoms with E-state index in [1.54, 1.807) is 13.1 Å². The second kappa shape index (κ2) is 3.75. The Kier molecular flexibility index (Phi) is 2.88. The number of aromatic nitrogens is 1. The predicted molar refractivity (Wildman–Crippen MR) is 51.8 cm³/mol. The molecule has 0 spiro atoms. The molecule has 1 rings (SSSR count). The molecule has 0 unspecified atom stereocenters. The molecule has 0 radical (unpaired) electrons. The number of pyridine rings is 1. The molecule has 0 atom stereocenters. The molecule has 1 aromatic rings.